The zero-order chi connectivity index (χ0) is 32.6. The van der Waals surface area contributed by atoms with E-state index in [1.54, 1.807) is 21.0 Å². The highest BCUT2D eigenvalue weighted by Gasteiger charge is 2.31. The van der Waals surface area contributed by atoms with Crippen LogP contribution in [0.15, 0.2) is 23.2 Å². The highest BCUT2D eigenvalue weighted by molar-refractivity contribution is 5.87. The second-order valence-corrected chi connectivity index (χ2v) is 13.1. The molecule has 0 spiro atoms. The molecule has 0 bridgehead atoms. The molecule has 1 aromatic carbocycles. The number of methoxy groups -OCH3 is 1. The van der Waals surface area contributed by atoms with Crippen molar-refractivity contribution in [3.8, 4) is 11.5 Å². The van der Waals surface area contributed by atoms with Crippen LogP contribution in [0.25, 0.3) is 0 Å². The molecule has 0 fully saturated rings. The first-order chi connectivity index (χ1) is 20.3. The molecule has 2 N–H and O–H groups in total. The van der Waals surface area contributed by atoms with Crippen LogP contribution in [0.1, 0.15) is 99.5 Å². The summed E-state index contributed by atoms with van der Waals surface area (Å²) in [5.41, 5.74) is 0.346. The Morgan fingerprint density at radius 3 is 2.26 bits per heavy atom. The van der Waals surface area contributed by atoms with Gasteiger partial charge in [0.05, 0.1) is 37.9 Å². The second-order valence-electron chi connectivity index (χ2n) is 13.1. The van der Waals surface area contributed by atoms with Gasteiger partial charge in [-0.2, -0.15) is 0 Å². The second kappa shape index (κ2) is 19.8. The van der Waals surface area contributed by atoms with E-state index < -0.39 is 11.5 Å². The van der Waals surface area contributed by atoms with E-state index in [4.69, 9.17) is 14.2 Å². The van der Waals surface area contributed by atoms with Crippen LogP contribution in [0, 0.1) is 29.1 Å². The van der Waals surface area contributed by atoms with Crippen LogP contribution < -0.4 is 14.8 Å². The van der Waals surface area contributed by atoms with Gasteiger partial charge in [0, 0.05) is 18.9 Å². The summed E-state index contributed by atoms with van der Waals surface area (Å²) in [6, 6.07) is 6.12. The Morgan fingerprint density at radius 1 is 1.02 bits per heavy atom. The number of hydrogen-bond donors (Lipinski definition) is 2. The molecule has 0 heterocycles. The molecule has 0 aliphatic carbocycles. The molecule has 8 heteroatoms. The molecule has 0 aliphatic heterocycles. The number of benzene rings is 1. The summed E-state index contributed by atoms with van der Waals surface area (Å²) in [5, 5.41) is 13.9. The number of ether oxygens (including phenoxy) is 3. The van der Waals surface area contributed by atoms with Gasteiger partial charge in [-0.05, 0) is 94.5 Å². The third-order valence-electron chi connectivity index (χ3n) is 8.44. The van der Waals surface area contributed by atoms with E-state index in [0.717, 1.165) is 37.9 Å². The van der Waals surface area contributed by atoms with E-state index >= 15 is 0 Å². The Bertz CT molecular complexity index is 973. The molecule has 0 saturated carbocycles. The molecule has 0 radical (unpaired) electrons. The normalized spacial score (nSPS) is 14.1. The molecule has 3 unspecified atom stereocenters. The van der Waals surface area contributed by atoms with Crippen molar-refractivity contribution in [2.45, 2.75) is 113 Å². The molecule has 0 aliphatic rings. The summed E-state index contributed by atoms with van der Waals surface area (Å²) in [7, 11) is 1.65. The SMILES string of the molecule is C=NC(=O)C(C)(C)CNC(=O)C(CC(O)CCC(Cc1ccc(OC)c(OCCCOC(CC)CC)c1)C(C)C)C(C)C. The van der Waals surface area contributed by atoms with Gasteiger partial charge in [0.25, 0.3) is 5.91 Å². The number of nitrogens with zero attached hydrogens (tertiary/aromatic N) is 1. The van der Waals surface area contributed by atoms with Crippen molar-refractivity contribution >= 4 is 18.5 Å². The van der Waals surface area contributed by atoms with Crippen molar-refractivity contribution in [1.29, 1.82) is 0 Å². The minimum absolute atomic E-state index is 0.0517. The quantitative estimate of drug-likeness (QED) is 0.113. The van der Waals surface area contributed by atoms with Crippen LogP contribution in [-0.2, 0) is 20.7 Å². The third kappa shape index (κ3) is 13.8. The van der Waals surface area contributed by atoms with Crippen molar-refractivity contribution in [2.24, 2.45) is 34.1 Å². The Hall–Kier alpha value is -2.45. The van der Waals surface area contributed by atoms with Crippen LogP contribution in [0.2, 0.25) is 0 Å². The number of aliphatic hydroxyl groups excluding tert-OH is 1. The topological polar surface area (TPSA) is 106 Å². The lowest BCUT2D eigenvalue weighted by atomic mass is 9.82. The Morgan fingerprint density at radius 2 is 1.70 bits per heavy atom. The number of carbonyl (C=O) groups excluding carboxylic acids is 2. The fourth-order valence-corrected chi connectivity index (χ4v) is 5.18. The molecule has 2 amide bonds. The van der Waals surface area contributed by atoms with Gasteiger partial charge in [-0.25, -0.2) is 4.99 Å². The summed E-state index contributed by atoms with van der Waals surface area (Å²) in [6.45, 7) is 20.9. The molecule has 8 nitrogen and oxygen atoms in total. The molecule has 1 rings (SSSR count). The Labute approximate surface area is 261 Å². The van der Waals surface area contributed by atoms with Gasteiger partial charge in [0.1, 0.15) is 0 Å². The molecular weight excluding hydrogens is 544 g/mol. The third-order valence-corrected chi connectivity index (χ3v) is 8.44. The minimum atomic E-state index is -0.824. The number of amides is 2. The zero-order valence-corrected chi connectivity index (χ0v) is 28.4. The van der Waals surface area contributed by atoms with E-state index in [1.165, 1.54) is 5.56 Å². The number of aliphatic hydroxyl groups is 1. The fraction of sp³-hybridized carbons (Fsp3) is 0.743. The maximum absolute atomic E-state index is 13.0. The first-order valence-electron chi connectivity index (χ1n) is 16.2. The zero-order valence-electron chi connectivity index (χ0n) is 28.4. The van der Waals surface area contributed by atoms with Gasteiger partial charge in [-0.15, -0.1) is 0 Å². The van der Waals surface area contributed by atoms with E-state index in [-0.39, 0.29) is 30.2 Å². The lowest BCUT2D eigenvalue weighted by Crippen LogP contribution is -2.42. The first kappa shape index (κ1) is 38.6. The number of aliphatic imine (C=N–C) groups is 1. The van der Waals surface area contributed by atoms with Crippen molar-refractivity contribution in [3.63, 3.8) is 0 Å². The average molecular weight is 605 g/mol. The minimum Gasteiger partial charge on any atom is -0.493 e. The molecule has 0 saturated heterocycles. The molecule has 246 valence electrons. The average Bonchev–Trinajstić information content (AvgIpc) is 2.97. The number of rotatable bonds is 22. The predicted molar refractivity (Wildman–Crippen MR) is 175 cm³/mol. The molecule has 43 heavy (non-hydrogen) atoms. The number of carbonyl (C=O) groups is 2. The molecule has 1 aromatic rings. The van der Waals surface area contributed by atoms with Crippen LogP contribution in [0.3, 0.4) is 0 Å². The summed E-state index contributed by atoms with van der Waals surface area (Å²) in [4.78, 5) is 28.5. The van der Waals surface area contributed by atoms with E-state index in [2.05, 4.69) is 56.9 Å². The van der Waals surface area contributed by atoms with Crippen molar-refractivity contribution in [3.05, 3.63) is 23.8 Å². The van der Waals surface area contributed by atoms with E-state index in [0.29, 0.717) is 49.7 Å². The van der Waals surface area contributed by atoms with Gasteiger partial charge < -0.3 is 24.6 Å². The van der Waals surface area contributed by atoms with E-state index in [1.807, 2.05) is 19.9 Å². The van der Waals surface area contributed by atoms with Gasteiger partial charge in [0.2, 0.25) is 5.91 Å². The van der Waals surface area contributed by atoms with E-state index in [9.17, 15) is 14.7 Å². The van der Waals surface area contributed by atoms with Crippen LogP contribution in [-0.4, -0.2) is 62.7 Å². The van der Waals surface area contributed by atoms with Crippen LogP contribution >= 0.6 is 0 Å². The maximum Gasteiger partial charge on any atom is 0.252 e. The maximum atomic E-state index is 13.0. The largest absolute Gasteiger partial charge is 0.493 e. The van der Waals surface area contributed by atoms with Gasteiger partial charge >= 0.3 is 0 Å². The molecular formula is C35H60N2O6. The van der Waals surface area contributed by atoms with Gasteiger partial charge in [0.15, 0.2) is 11.5 Å². The Balaban J connectivity index is 2.75. The number of nitrogens with one attached hydrogen (secondary N) is 1. The first-order valence-corrected chi connectivity index (χ1v) is 16.2. The summed E-state index contributed by atoms with van der Waals surface area (Å²) < 4.78 is 17.5. The number of hydrogen-bond acceptors (Lipinski definition) is 6. The predicted octanol–water partition coefficient (Wildman–Crippen LogP) is 6.66. The summed E-state index contributed by atoms with van der Waals surface area (Å²) >= 11 is 0. The standard InChI is InChI=1S/C35H60N2O6/c1-11-29(12-2)42-18-13-19-43-32-21-26(14-17-31(32)41-10)20-27(24(3)4)15-16-28(38)22-30(25(5)6)33(39)37-23-35(7,8)34(40)36-9/h14,17,21,24-25,27-30,38H,9,11-13,15-16,18-20,22-23H2,1-8,10H3,(H,37,39). The lowest BCUT2D eigenvalue weighted by molar-refractivity contribution is -0.129. The summed E-state index contributed by atoms with van der Waals surface area (Å²) in [5.74, 6) is 1.43. The molecule has 0 aromatic heterocycles. The molecule has 3 atom stereocenters. The van der Waals surface area contributed by atoms with Crippen molar-refractivity contribution in [2.75, 3.05) is 26.9 Å². The van der Waals surface area contributed by atoms with Crippen LogP contribution in [0.4, 0.5) is 0 Å². The van der Waals surface area contributed by atoms with Gasteiger partial charge in [-0.1, -0.05) is 47.6 Å². The van der Waals surface area contributed by atoms with Crippen LogP contribution in [0.5, 0.6) is 11.5 Å². The van der Waals surface area contributed by atoms with Crippen molar-refractivity contribution < 1.29 is 28.9 Å². The smallest absolute Gasteiger partial charge is 0.252 e. The monoisotopic (exact) mass is 604 g/mol. The highest BCUT2D eigenvalue weighted by atomic mass is 16.5. The van der Waals surface area contributed by atoms with Gasteiger partial charge in [-0.3, -0.25) is 9.59 Å². The lowest BCUT2D eigenvalue weighted by Gasteiger charge is -2.27. The summed E-state index contributed by atoms with van der Waals surface area (Å²) in [6.07, 6.45) is 5.25. The van der Waals surface area contributed by atoms with Crippen molar-refractivity contribution in [1.82, 2.24) is 5.32 Å². The Kier molecular flexibility index (Phi) is 17.7. The fourth-order valence-electron chi connectivity index (χ4n) is 5.18. The highest BCUT2D eigenvalue weighted by Crippen LogP contribution is 2.32.